The SMILES string of the molecule is COc1cc2c(=O)[nH][nH]c(=O)c2c(C)c1C. The van der Waals surface area contributed by atoms with Crippen LogP contribution in [0.3, 0.4) is 0 Å². The highest BCUT2D eigenvalue weighted by molar-refractivity contribution is 5.86. The Hall–Kier alpha value is -2.04. The van der Waals surface area contributed by atoms with Gasteiger partial charge in [0.2, 0.25) is 0 Å². The van der Waals surface area contributed by atoms with E-state index in [4.69, 9.17) is 4.74 Å². The van der Waals surface area contributed by atoms with Gasteiger partial charge in [-0.1, -0.05) is 0 Å². The molecule has 5 heteroatoms. The monoisotopic (exact) mass is 220 g/mol. The number of aromatic amines is 2. The lowest BCUT2D eigenvalue weighted by Crippen LogP contribution is -2.20. The van der Waals surface area contributed by atoms with E-state index in [0.717, 1.165) is 11.1 Å². The van der Waals surface area contributed by atoms with Gasteiger partial charge in [0, 0.05) is 0 Å². The fourth-order valence-electron chi connectivity index (χ4n) is 1.81. The van der Waals surface area contributed by atoms with Gasteiger partial charge in [-0.05, 0) is 31.0 Å². The molecular formula is C11H12N2O3. The number of aryl methyl sites for hydroxylation is 1. The number of rotatable bonds is 1. The molecule has 0 saturated heterocycles. The third-order valence-corrected chi connectivity index (χ3v) is 2.83. The van der Waals surface area contributed by atoms with Gasteiger partial charge in [0.1, 0.15) is 5.75 Å². The minimum Gasteiger partial charge on any atom is -0.496 e. The topological polar surface area (TPSA) is 75.0 Å². The molecule has 0 amide bonds. The zero-order valence-electron chi connectivity index (χ0n) is 9.30. The highest BCUT2D eigenvalue weighted by Crippen LogP contribution is 2.25. The molecule has 0 bridgehead atoms. The van der Waals surface area contributed by atoms with Crippen molar-refractivity contribution in [2.24, 2.45) is 0 Å². The van der Waals surface area contributed by atoms with Gasteiger partial charge >= 0.3 is 0 Å². The van der Waals surface area contributed by atoms with Crippen LogP contribution < -0.4 is 15.9 Å². The lowest BCUT2D eigenvalue weighted by Gasteiger charge is -2.09. The summed E-state index contributed by atoms with van der Waals surface area (Å²) in [5, 5.41) is 5.38. The molecule has 0 radical (unpaired) electrons. The average Bonchev–Trinajstić information content (AvgIpc) is 2.27. The lowest BCUT2D eigenvalue weighted by atomic mass is 10.0. The molecule has 2 N–H and O–H groups in total. The van der Waals surface area contributed by atoms with Gasteiger partial charge in [0.25, 0.3) is 11.1 Å². The molecule has 0 unspecified atom stereocenters. The first kappa shape index (κ1) is 10.5. The van der Waals surface area contributed by atoms with Crippen molar-refractivity contribution in [2.75, 3.05) is 7.11 Å². The summed E-state index contributed by atoms with van der Waals surface area (Å²) in [6.45, 7) is 3.66. The summed E-state index contributed by atoms with van der Waals surface area (Å²) in [7, 11) is 1.54. The number of ether oxygens (including phenoxy) is 1. The van der Waals surface area contributed by atoms with E-state index in [0.29, 0.717) is 16.5 Å². The Morgan fingerprint density at radius 3 is 2.31 bits per heavy atom. The van der Waals surface area contributed by atoms with Gasteiger partial charge in [-0.25, -0.2) is 0 Å². The van der Waals surface area contributed by atoms with E-state index >= 15 is 0 Å². The number of nitrogens with one attached hydrogen (secondary N) is 2. The average molecular weight is 220 g/mol. The maximum Gasteiger partial charge on any atom is 0.270 e. The van der Waals surface area contributed by atoms with Crippen LogP contribution >= 0.6 is 0 Å². The largest absolute Gasteiger partial charge is 0.496 e. The Morgan fingerprint density at radius 1 is 1.06 bits per heavy atom. The molecule has 5 nitrogen and oxygen atoms in total. The normalized spacial score (nSPS) is 10.7. The molecule has 2 rings (SSSR count). The highest BCUT2D eigenvalue weighted by Gasteiger charge is 2.12. The second kappa shape index (κ2) is 3.52. The first-order valence-electron chi connectivity index (χ1n) is 4.85. The van der Waals surface area contributed by atoms with Crippen LogP contribution in [0.25, 0.3) is 10.8 Å². The minimum absolute atomic E-state index is 0.294. The molecule has 0 fully saturated rings. The van der Waals surface area contributed by atoms with Crippen molar-refractivity contribution in [3.05, 3.63) is 37.9 Å². The van der Waals surface area contributed by atoms with Gasteiger partial charge in [0.15, 0.2) is 0 Å². The Morgan fingerprint density at radius 2 is 1.69 bits per heavy atom. The van der Waals surface area contributed by atoms with E-state index < -0.39 is 0 Å². The number of benzene rings is 1. The zero-order chi connectivity index (χ0) is 11.9. The van der Waals surface area contributed by atoms with Crippen molar-refractivity contribution < 1.29 is 4.74 Å². The lowest BCUT2D eigenvalue weighted by molar-refractivity contribution is 0.412. The maximum absolute atomic E-state index is 11.6. The maximum atomic E-state index is 11.6. The molecule has 16 heavy (non-hydrogen) atoms. The highest BCUT2D eigenvalue weighted by atomic mass is 16.5. The Bertz CT molecular complexity index is 667. The van der Waals surface area contributed by atoms with E-state index in [-0.39, 0.29) is 11.1 Å². The summed E-state index contributed by atoms with van der Waals surface area (Å²) >= 11 is 0. The van der Waals surface area contributed by atoms with Crippen molar-refractivity contribution in [1.29, 1.82) is 0 Å². The summed E-state index contributed by atoms with van der Waals surface area (Å²) in [5.74, 6) is 0.612. The minimum atomic E-state index is -0.323. The molecule has 0 aliphatic heterocycles. The summed E-state index contributed by atoms with van der Waals surface area (Å²) in [6, 6.07) is 1.59. The number of methoxy groups -OCH3 is 1. The van der Waals surface area contributed by atoms with E-state index in [9.17, 15) is 9.59 Å². The number of H-pyrrole nitrogens is 2. The van der Waals surface area contributed by atoms with Crippen LogP contribution in [0.15, 0.2) is 15.7 Å². The van der Waals surface area contributed by atoms with Crippen molar-refractivity contribution in [2.45, 2.75) is 13.8 Å². The molecular weight excluding hydrogens is 208 g/mol. The van der Waals surface area contributed by atoms with Crippen molar-refractivity contribution >= 4 is 10.8 Å². The van der Waals surface area contributed by atoms with Crippen LogP contribution in [0.2, 0.25) is 0 Å². The van der Waals surface area contributed by atoms with Crippen LogP contribution in [0.1, 0.15) is 11.1 Å². The van der Waals surface area contributed by atoms with Crippen molar-refractivity contribution in [3.63, 3.8) is 0 Å². The third-order valence-electron chi connectivity index (χ3n) is 2.83. The quantitative estimate of drug-likeness (QED) is 0.747. The van der Waals surface area contributed by atoms with E-state index in [1.165, 1.54) is 7.11 Å². The number of hydrogen-bond acceptors (Lipinski definition) is 3. The standard InChI is InChI=1S/C11H12N2O3/c1-5-6(2)9-7(4-8(5)16-3)10(14)12-13-11(9)15/h4H,1-3H3,(H,12,14)(H,13,15). The molecule has 0 atom stereocenters. The molecule has 2 aromatic rings. The second-order valence-corrected chi connectivity index (χ2v) is 3.66. The van der Waals surface area contributed by atoms with Crippen LogP contribution in [-0.4, -0.2) is 17.3 Å². The molecule has 1 aromatic carbocycles. The predicted molar refractivity (Wildman–Crippen MR) is 61.2 cm³/mol. The Balaban J connectivity index is 3.10. The Kier molecular flexibility index (Phi) is 2.30. The first-order valence-corrected chi connectivity index (χ1v) is 4.85. The van der Waals surface area contributed by atoms with E-state index in [1.54, 1.807) is 13.0 Å². The zero-order valence-corrected chi connectivity index (χ0v) is 9.30. The number of hydrogen-bond donors (Lipinski definition) is 2. The number of fused-ring (bicyclic) bond motifs is 1. The summed E-state index contributed by atoms with van der Waals surface area (Å²) in [6.07, 6.45) is 0. The van der Waals surface area contributed by atoms with Gasteiger partial charge in [-0.3, -0.25) is 19.8 Å². The second-order valence-electron chi connectivity index (χ2n) is 3.66. The molecule has 84 valence electrons. The van der Waals surface area contributed by atoms with Crippen LogP contribution in [-0.2, 0) is 0 Å². The molecule has 1 heterocycles. The molecule has 0 aliphatic carbocycles. The van der Waals surface area contributed by atoms with Crippen LogP contribution in [0, 0.1) is 13.8 Å². The smallest absolute Gasteiger partial charge is 0.270 e. The van der Waals surface area contributed by atoms with Crippen LogP contribution in [0.5, 0.6) is 5.75 Å². The summed E-state index contributed by atoms with van der Waals surface area (Å²) < 4.78 is 5.16. The first-order chi connectivity index (χ1) is 7.56. The molecule has 0 spiro atoms. The summed E-state index contributed by atoms with van der Waals surface area (Å²) in [4.78, 5) is 23.2. The molecule has 0 saturated carbocycles. The van der Waals surface area contributed by atoms with Gasteiger partial charge in [0.05, 0.1) is 17.9 Å². The van der Waals surface area contributed by atoms with Crippen molar-refractivity contribution in [1.82, 2.24) is 10.2 Å². The number of aromatic nitrogens is 2. The molecule has 1 aromatic heterocycles. The summed E-state index contributed by atoms with van der Waals surface area (Å²) in [5.41, 5.74) is 1.02. The van der Waals surface area contributed by atoms with E-state index in [1.807, 2.05) is 6.92 Å². The van der Waals surface area contributed by atoms with E-state index in [2.05, 4.69) is 10.2 Å². The van der Waals surface area contributed by atoms with Crippen molar-refractivity contribution in [3.8, 4) is 5.75 Å². The van der Waals surface area contributed by atoms with Gasteiger partial charge in [-0.15, -0.1) is 0 Å². The predicted octanol–water partition coefficient (Wildman–Crippen LogP) is 0.842. The van der Waals surface area contributed by atoms with Crippen LogP contribution in [0.4, 0.5) is 0 Å². The fourth-order valence-corrected chi connectivity index (χ4v) is 1.81. The van der Waals surface area contributed by atoms with Gasteiger partial charge < -0.3 is 4.74 Å². The van der Waals surface area contributed by atoms with Gasteiger partial charge in [-0.2, -0.15) is 0 Å². The fraction of sp³-hybridized carbons (Fsp3) is 0.273. The molecule has 0 aliphatic rings. The third kappa shape index (κ3) is 1.32. The Labute approximate surface area is 91.1 Å².